The molecule has 1 amide bonds. The van der Waals surface area contributed by atoms with Crippen molar-refractivity contribution in [3.63, 3.8) is 0 Å². The van der Waals surface area contributed by atoms with Crippen LogP contribution in [0, 0.1) is 0 Å². The van der Waals surface area contributed by atoms with Crippen molar-refractivity contribution in [3.8, 4) is 11.5 Å². The van der Waals surface area contributed by atoms with E-state index >= 15 is 0 Å². The van der Waals surface area contributed by atoms with E-state index in [1.165, 1.54) is 19.9 Å². The molecule has 0 unspecified atom stereocenters. The standard InChI is InChI=1S/C27H32N2O11/c1-12(24(34)35)28-23(33)13(2)38-19(32)11-16(31)25(36)39-17-6-7-27(37)18-10-14-4-5-15(30)21-20(14)26(27,22(17)40-21)8-9-29(18)3/h4-6,12-13,16,18,22,30-31,37H,7-11H2,1-3H3,(H,28,33)(H,34,35)/t12-,13-,16-,18-,22-,26-,27+/m0/s1. The Morgan fingerprint density at radius 2 is 1.98 bits per heavy atom. The van der Waals surface area contributed by atoms with Gasteiger partial charge in [-0.2, -0.15) is 0 Å². The second kappa shape index (κ2) is 9.75. The third kappa shape index (κ3) is 4.11. The fourth-order valence-electron chi connectivity index (χ4n) is 6.55. The van der Waals surface area contributed by atoms with E-state index < -0.39 is 65.6 Å². The summed E-state index contributed by atoms with van der Waals surface area (Å²) < 4.78 is 16.6. The fourth-order valence-corrected chi connectivity index (χ4v) is 6.55. The Morgan fingerprint density at radius 1 is 1.25 bits per heavy atom. The first-order valence-corrected chi connectivity index (χ1v) is 13.1. The van der Waals surface area contributed by atoms with E-state index in [0.29, 0.717) is 24.9 Å². The van der Waals surface area contributed by atoms with Gasteiger partial charge in [0.2, 0.25) is 0 Å². The Kier molecular flexibility index (Phi) is 6.79. The number of carboxylic acid groups (broad SMARTS) is 1. The van der Waals surface area contributed by atoms with Crippen LogP contribution in [0.2, 0.25) is 0 Å². The van der Waals surface area contributed by atoms with Gasteiger partial charge in [-0.15, -0.1) is 0 Å². The molecule has 0 radical (unpaired) electrons. The van der Waals surface area contributed by atoms with Crippen LogP contribution in [0.5, 0.6) is 11.5 Å². The van der Waals surface area contributed by atoms with Gasteiger partial charge in [0.15, 0.2) is 29.8 Å². The molecule has 2 aliphatic heterocycles. The number of carbonyl (C=O) groups is 4. The van der Waals surface area contributed by atoms with Gasteiger partial charge in [-0.3, -0.25) is 14.4 Å². The first kappa shape index (κ1) is 27.9. The molecule has 1 aromatic carbocycles. The van der Waals surface area contributed by atoms with Gasteiger partial charge in [0.25, 0.3) is 5.91 Å². The number of likely N-dealkylation sites (N-methyl/N-ethyl adjacent to an activating group) is 1. The molecule has 0 aromatic heterocycles. The molecule has 2 bridgehead atoms. The number of phenols is 1. The molecule has 40 heavy (non-hydrogen) atoms. The molecule has 2 heterocycles. The lowest BCUT2D eigenvalue weighted by Crippen LogP contribution is -2.74. The van der Waals surface area contributed by atoms with Crippen LogP contribution < -0.4 is 10.1 Å². The quantitative estimate of drug-likeness (QED) is 0.256. The van der Waals surface area contributed by atoms with Crippen LogP contribution in [0.3, 0.4) is 0 Å². The maximum Gasteiger partial charge on any atom is 0.340 e. The summed E-state index contributed by atoms with van der Waals surface area (Å²) in [7, 11) is 1.94. The van der Waals surface area contributed by atoms with Gasteiger partial charge >= 0.3 is 17.9 Å². The van der Waals surface area contributed by atoms with Gasteiger partial charge in [-0.05, 0) is 58.0 Å². The molecular formula is C27H32N2O11. The van der Waals surface area contributed by atoms with Crippen LogP contribution in [0.15, 0.2) is 24.0 Å². The summed E-state index contributed by atoms with van der Waals surface area (Å²) in [6.07, 6.45) is -2.38. The first-order chi connectivity index (χ1) is 18.8. The molecular weight excluding hydrogens is 528 g/mol. The Labute approximate surface area is 229 Å². The normalized spacial score (nSPS) is 30.1. The lowest BCUT2D eigenvalue weighted by molar-refractivity contribution is -0.173. The minimum absolute atomic E-state index is 0.0595. The highest BCUT2D eigenvalue weighted by molar-refractivity contribution is 5.88. The number of aliphatic hydroxyl groups excluding tert-OH is 1. The first-order valence-electron chi connectivity index (χ1n) is 13.1. The topological polar surface area (TPSA) is 192 Å². The lowest BCUT2D eigenvalue weighted by atomic mass is 9.50. The number of nitrogens with zero attached hydrogens (tertiary/aromatic N) is 1. The molecule has 216 valence electrons. The Bertz CT molecular complexity index is 1310. The highest BCUT2D eigenvalue weighted by Gasteiger charge is 2.72. The highest BCUT2D eigenvalue weighted by Crippen LogP contribution is 2.65. The number of esters is 2. The molecule has 1 saturated heterocycles. The molecule has 1 fully saturated rings. The lowest BCUT2D eigenvalue weighted by Gasteiger charge is -2.61. The highest BCUT2D eigenvalue weighted by atomic mass is 16.6. The zero-order chi connectivity index (χ0) is 29.1. The maximum atomic E-state index is 12.8. The molecule has 7 atom stereocenters. The van der Waals surface area contributed by atoms with Crippen molar-refractivity contribution in [3.05, 3.63) is 35.1 Å². The van der Waals surface area contributed by atoms with E-state index in [1.54, 1.807) is 6.08 Å². The van der Waals surface area contributed by atoms with E-state index in [4.69, 9.17) is 19.3 Å². The summed E-state index contributed by atoms with van der Waals surface area (Å²) >= 11 is 0. The summed E-state index contributed by atoms with van der Waals surface area (Å²) in [5.74, 6) is -4.16. The molecule has 13 nitrogen and oxygen atoms in total. The average molecular weight is 561 g/mol. The molecule has 13 heteroatoms. The average Bonchev–Trinajstić information content (AvgIpc) is 3.25. The molecule has 5 N–H and O–H groups in total. The van der Waals surface area contributed by atoms with Crippen molar-refractivity contribution in [2.75, 3.05) is 13.6 Å². The maximum absolute atomic E-state index is 12.8. The number of ether oxygens (including phenoxy) is 3. The smallest absolute Gasteiger partial charge is 0.340 e. The van der Waals surface area contributed by atoms with E-state index in [2.05, 4.69) is 10.2 Å². The number of aliphatic carboxylic acids is 1. The molecule has 5 rings (SSSR count). The van der Waals surface area contributed by atoms with Gasteiger partial charge in [-0.1, -0.05) is 6.07 Å². The number of nitrogens with one attached hydrogen (secondary N) is 1. The number of aliphatic hydroxyl groups is 2. The van der Waals surface area contributed by atoms with E-state index in [9.17, 15) is 34.5 Å². The fraction of sp³-hybridized carbons (Fsp3) is 0.556. The molecule has 2 aliphatic carbocycles. The third-order valence-corrected chi connectivity index (χ3v) is 8.61. The number of hydrogen-bond donors (Lipinski definition) is 5. The second-order valence-corrected chi connectivity index (χ2v) is 10.9. The monoisotopic (exact) mass is 560 g/mol. The number of aromatic hydroxyl groups is 1. The Balaban J connectivity index is 1.30. The van der Waals surface area contributed by atoms with E-state index in [0.717, 1.165) is 5.56 Å². The summed E-state index contributed by atoms with van der Waals surface area (Å²) in [4.78, 5) is 50.1. The zero-order valence-electron chi connectivity index (χ0n) is 22.2. The summed E-state index contributed by atoms with van der Waals surface area (Å²) in [5, 5.41) is 44.1. The minimum atomic E-state index is -1.94. The summed E-state index contributed by atoms with van der Waals surface area (Å²) in [5.41, 5.74) is -0.609. The number of benzene rings is 1. The molecule has 1 spiro atoms. The van der Waals surface area contributed by atoms with E-state index in [-0.39, 0.29) is 29.7 Å². The van der Waals surface area contributed by atoms with Crippen molar-refractivity contribution < 1.29 is 53.8 Å². The van der Waals surface area contributed by atoms with Crippen molar-refractivity contribution in [2.24, 2.45) is 0 Å². The number of piperidine rings is 1. The van der Waals surface area contributed by atoms with E-state index in [1.807, 2.05) is 13.1 Å². The summed E-state index contributed by atoms with van der Waals surface area (Å²) in [6.45, 7) is 3.09. The Morgan fingerprint density at radius 3 is 2.67 bits per heavy atom. The number of carbonyl (C=O) groups excluding carboxylic acids is 3. The van der Waals surface area contributed by atoms with Gasteiger partial charge in [-0.25, -0.2) is 4.79 Å². The number of amides is 1. The molecule has 1 aromatic rings. The number of carboxylic acids is 1. The van der Waals surface area contributed by atoms with Gasteiger partial charge in [0.05, 0.1) is 17.4 Å². The number of phenolic OH excluding ortho intramolecular Hbond substituents is 1. The van der Waals surface area contributed by atoms with Crippen molar-refractivity contribution in [1.29, 1.82) is 0 Å². The van der Waals surface area contributed by atoms with Crippen LogP contribution in [-0.4, -0.2) is 98.7 Å². The number of hydrogen-bond acceptors (Lipinski definition) is 11. The van der Waals surface area contributed by atoms with Gasteiger partial charge < -0.3 is 44.9 Å². The molecule has 4 aliphatic rings. The van der Waals surface area contributed by atoms with Crippen molar-refractivity contribution >= 4 is 23.8 Å². The second-order valence-electron chi connectivity index (χ2n) is 10.9. The number of rotatable bonds is 8. The van der Waals surface area contributed by atoms with Crippen molar-refractivity contribution in [2.45, 2.75) is 80.9 Å². The van der Waals surface area contributed by atoms with Crippen LogP contribution in [-0.2, 0) is 40.5 Å². The van der Waals surface area contributed by atoms with Gasteiger partial charge in [0, 0.05) is 18.0 Å². The largest absolute Gasteiger partial charge is 0.504 e. The predicted octanol–water partition coefficient (Wildman–Crippen LogP) is -0.515. The zero-order valence-corrected chi connectivity index (χ0v) is 22.2. The van der Waals surface area contributed by atoms with Crippen molar-refractivity contribution in [1.82, 2.24) is 10.2 Å². The minimum Gasteiger partial charge on any atom is -0.504 e. The predicted molar refractivity (Wildman–Crippen MR) is 134 cm³/mol. The van der Waals surface area contributed by atoms with Crippen LogP contribution in [0.4, 0.5) is 0 Å². The van der Waals surface area contributed by atoms with Crippen LogP contribution in [0.25, 0.3) is 0 Å². The summed E-state index contributed by atoms with van der Waals surface area (Å²) in [6, 6.07) is 1.91. The SMILES string of the molecule is C[C@H](NC(=O)[C@H](C)OC(=O)C[C@H](O)C(=O)OC1=CC[C@@]2(O)[C@@H]3Cc4ccc(O)c5c4[C@@]2(CCN3C)[C@H]1O5)C(=O)O. The molecule has 0 saturated carbocycles. The van der Waals surface area contributed by atoms with Gasteiger partial charge in [0.1, 0.15) is 11.8 Å². The van der Waals surface area contributed by atoms with Crippen LogP contribution >= 0.6 is 0 Å². The Hall–Kier alpha value is -3.68. The number of likely N-dealkylation sites (tertiary alicyclic amines) is 1. The third-order valence-electron chi connectivity index (χ3n) is 8.61. The van der Waals surface area contributed by atoms with Crippen LogP contribution in [0.1, 0.15) is 44.2 Å².